The van der Waals surface area contributed by atoms with Crippen LogP contribution in [0.15, 0.2) is 0 Å². The van der Waals surface area contributed by atoms with Gasteiger partial charge in [0.25, 0.3) is 0 Å². The summed E-state index contributed by atoms with van der Waals surface area (Å²) in [6, 6.07) is 0. The summed E-state index contributed by atoms with van der Waals surface area (Å²) in [6.07, 6.45) is 0. The molecule has 0 rings (SSSR count). The molecular weight excluding hydrogens is 140 g/mol. The number of nitrogens with two attached hydrogens (primary N) is 2. The van der Waals surface area contributed by atoms with Crippen LogP contribution in [0.1, 0.15) is 0 Å². The fourth-order valence-electron chi connectivity index (χ4n) is 0. The summed E-state index contributed by atoms with van der Waals surface area (Å²) in [5.41, 5.74) is 0. The van der Waals surface area contributed by atoms with E-state index in [0.29, 0.717) is 0 Å². The molecule has 0 radical (unpaired) electrons. The Balaban J connectivity index is -0.000000000500. The van der Waals surface area contributed by atoms with E-state index in [1.54, 1.807) is 0 Å². The summed E-state index contributed by atoms with van der Waals surface area (Å²) in [4.78, 5) is 0. The molecule has 0 aromatic heterocycles. The Labute approximate surface area is 56.1 Å². The van der Waals surface area contributed by atoms with E-state index >= 15 is 0 Å². The van der Waals surface area contributed by atoms with Gasteiger partial charge in [0.2, 0.25) is 0 Å². The maximum Gasteiger partial charge on any atom is 2.00 e. The van der Waals surface area contributed by atoms with E-state index in [4.69, 9.17) is 10.5 Å². The van der Waals surface area contributed by atoms with Crippen LogP contribution >= 0.6 is 0 Å². The molecule has 0 atom stereocenters. The van der Waals surface area contributed by atoms with Gasteiger partial charge in [-0.15, -0.1) is 0 Å². The van der Waals surface area contributed by atoms with Gasteiger partial charge in [0.15, 0.2) is 0 Å². The molecule has 0 spiro atoms. The SMILES string of the molecule is O.O.OO.[NH2-].[NH2-].[Ti+2]. The van der Waals surface area contributed by atoms with E-state index in [1.807, 2.05) is 0 Å². The van der Waals surface area contributed by atoms with Crippen molar-refractivity contribution in [3.63, 3.8) is 0 Å². The Kier molecular flexibility index (Phi) is 17800. The molecule has 0 aliphatic rings. The molecule has 0 unspecified atom stereocenters. The second-order valence-corrected chi connectivity index (χ2v) is 0. The minimum absolute atomic E-state index is 0. The molecule has 0 heterocycles. The van der Waals surface area contributed by atoms with Crippen LogP contribution in [-0.2, 0) is 21.7 Å². The number of hydrogen-bond donors (Lipinski definition) is 2. The summed E-state index contributed by atoms with van der Waals surface area (Å²) in [7, 11) is 0. The van der Waals surface area contributed by atoms with Crippen LogP contribution in [0, 0.1) is 0 Å². The van der Waals surface area contributed by atoms with Crippen LogP contribution in [0.25, 0.3) is 12.3 Å². The Bertz CT molecular complexity index is 9.65. The smallest absolute Gasteiger partial charge is 0.693 e. The van der Waals surface area contributed by atoms with Crippen molar-refractivity contribution in [3.8, 4) is 0 Å². The Hall–Kier alpha value is 0.474. The predicted molar refractivity (Wildman–Crippen MR) is 23.1 cm³/mol. The molecule has 0 fully saturated rings. The van der Waals surface area contributed by atoms with Crippen LogP contribution in [0.4, 0.5) is 0 Å². The van der Waals surface area contributed by atoms with Gasteiger partial charge in [0.1, 0.15) is 0 Å². The number of hydrogen-bond acceptors (Lipinski definition) is 2. The maximum atomic E-state index is 6.00. The topological polar surface area (TPSA) is 170 Å². The van der Waals surface area contributed by atoms with Crippen LogP contribution in [0.5, 0.6) is 0 Å². The largest absolute Gasteiger partial charge is 2.00 e. The van der Waals surface area contributed by atoms with E-state index in [1.165, 1.54) is 0 Å². The Morgan fingerprint density at radius 2 is 0.714 bits per heavy atom. The molecule has 0 amide bonds. The fourth-order valence-corrected chi connectivity index (χ4v) is 0. The zero-order valence-corrected chi connectivity index (χ0v) is 5.11. The third kappa shape index (κ3) is 576. The second kappa shape index (κ2) is 863. The molecular formula is H10N2O4Ti. The van der Waals surface area contributed by atoms with Crippen molar-refractivity contribution >= 4 is 0 Å². The van der Waals surface area contributed by atoms with Crippen molar-refractivity contribution in [2.24, 2.45) is 0 Å². The van der Waals surface area contributed by atoms with Crippen molar-refractivity contribution in [2.75, 3.05) is 0 Å². The molecule has 0 aliphatic carbocycles. The summed E-state index contributed by atoms with van der Waals surface area (Å²) >= 11 is 0. The van der Waals surface area contributed by atoms with Gasteiger partial charge >= 0.3 is 21.7 Å². The summed E-state index contributed by atoms with van der Waals surface area (Å²) < 4.78 is 0. The van der Waals surface area contributed by atoms with E-state index in [2.05, 4.69) is 0 Å². The standard InChI is InChI=1S/2H2N.H2O2.2H2O.Ti/c;;1-2;;;/h2*1H2;1-2H;2*1H2;/q2*-1;;;;+2. The van der Waals surface area contributed by atoms with E-state index < -0.39 is 0 Å². The minimum atomic E-state index is 0. The normalized spacial score (nSPS) is 0.857. The van der Waals surface area contributed by atoms with E-state index in [9.17, 15) is 0 Å². The van der Waals surface area contributed by atoms with Gasteiger partial charge in [-0.25, -0.2) is 0 Å². The molecule has 0 aliphatic heterocycles. The summed E-state index contributed by atoms with van der Waals surface area (Å²) in [5.74, 6) is 0. The zero-order valence-electron chi connectivity index (χ0n) is 3.55. The molecule has 0 saturated heterocycles. The molecule has 0 aromatic carbocycles. The van der Waals surface area contributed by atoms with Gasteiger partial charge in [-0.05, 0) is 0 Å². The zero-order chi connectivity index (χ0) is 2.00. The van der Waals surface area contributed by atoms with Gasteiger partial charge in [0, 0.05) is 0 Å². The first-order valence-corrected chi connectivity index (χ1v) is 0.200. The monoisotopic (exact) mass is 150 g/mol. The molecule has 7 heavy (non-hydrogen) atoms. The third-order valence-electron chi connectivity index (χ3n) is 0. The molecule has 6 nitrogen and oxygen atoms in total. The molecule has 0 aromatic rings. The Morgan fingerprint density at radius 3 is 0.714 bits per heavy atom. The average molecular weight is 150 g/mol. The van der Waals surface area contributed by atoms with Gasteiger partial charge in [-0.3, -0.25) is 10.5 Å². The van der Waals surface area contributed by atoms with Crippen LogP contribution in [0.2, 0.25) is 0 Å². The van der Waals surface area contributed by atoms with Crippen LogP contribution < -0.4 is 0 Å². The molecule has 10 N–H and O–H groups in total. The van der Waals surface area contributed by atoms with Crippen molar-refractivity contribution < 1.29 is 43.2 Å². The average Bonchev–Trinajstić information content (AvgIpc) is 1.00. The van der Waals surface area contributed by atoms with Crippen molar-refractivity contribution in [2.45, 2.75) is 0 Å². The maximum absolute atomic E-state index is 6.00. The van der Waals surface area contributed by atoms with Crippen LogP contribution in [0.3, 0.4) is 0 Å². The molecule has 7 heteroatoms. The predicted octanol–water partition coefficient (Wildman–Crippen LogP) is -0.200. The van der Waals surface area contributed by atoms with Crippen LogP contribution in [-0.4, -0.2) is 21.5 Å². The van der Waals surface area contributed by atoms with Gasteiger partial charge in [-0.2, -0.15) is 0 Å². The number of rotatable bonds is 0. The first kappa shape index (κ1) is 144. The fraction of sp³-hybridized carbons (Fsp3) is 0. The summed E-state index contributed by atoms with van der Waals surface area (Å²) in [5, 5.41) is 12.0. The molecule has 0 saturated carbocycles. The first-order valence-electron chi connectivity index (χ1n) is 0.200. The second-order valence-electron chi connectivity index (χ2n) is 0. The third-order valence-corrected chi connectivity index (χ3v) is 0. The van der Waals surface area contributed by atoms with Crippen molar-refractivity contribution in [3.05, 3.63) is 12.3 Å². The van der Waals surface area contributed by atoms with Crippen molar-refractivity contribution in [1.82, 2.24) is 0 Å². The minimum Gasteiger partial charge on any atom is -0.693 e. The first-order chi connectivity index (χ1) is 1.00. The van der Waals surface area contributed by atoms with Gasteiger partial charge in [-0.1, -0.05) is 0 Å². The van der Waals surface area contributed by atoms with E-state index in [-0.39, 0.29) is 45.0 Å². The Morgan fingerprint density at radius 1 is 0.714 bits per heavy atom. The molecule has 48 valence electrons. The van der Waals surface area contributed by atoms with Crippen molar-refractivity contribution in [1.29, 1.82) is 0 Å². The quantitative estimate of drug-likeness (QED) is 0.276. The summed E-state index contributed by atoms with van der Waals surface area (Å²) in [6.45, 7) is 0. The molecule has 0 bridgehead atoms. The van der Waals surface area contributed by atoms with Gasteiger partial charge in [0.05, 0.1) is 0 Å². The van der Waals surface area contributed by atoms with E-state index in [0.717, 1.165) is 0 Å². The van der Waals surface area contributed by atoms with Gasteiger partial charge < -0.3 is 23.3 Å².